The Kier molecular flexibility index (Phi) is 5.65. The van der Waals surface area contributed by atoms with Gasteiger partial charge in [0, 0.05) is 32.1 Å². The largest absolute Gasteiger partial charge is 0.445 e. The van der Waals surface area contributed by atoms with Gasteiger partial charge in [-0.1, -0.05) is 44.2 Å². The second-order valence-electron chi connectivity index (χ2n) is 6.49. The minimum absolute atomic E-state index is 0.234. The van der Waals surface area contributed by atoms with Crippen molar-refractivity contribution in [1.82, 2.24) is 20.0 Å². The third kappa shape index (κ3) is 4.79. The van der Waals surface area contributed by atoms with Crippen LogP contribution in [0.5, 0.6) is 0 Å². The fraction of sp³-hybridized carbons (Fsp3) is 0.500. The van der Waals surface area contributed by atoms with Crippen molar-refractivity contribution in [2.75, 3.05) is 26.2 Å². The molecular weight excluding hydrogens is 320 g/mol. The van der Waals surface area contributed by atoms with Gasteiger partial charge >= 0.3 is 6.09 Å². The van der Waals surface area contributed by atoms with Crippen molar-refractivity contribution in [3.05, 3.63) is 47.7 Å². The summed E-state index contributed by atoms with van der Waals surface area (Å²) in [4.78, 5) is 16.1. The van der Waals surface area contributed by atoms with Gasteiger partial charge in [0.2, 0.25) is 11.8 Å². The summed E-state index contributed by atoms with van der Waals surface area (Å²) in [5.74, 6) is 1.53. The standard InChI is InChI=1S/C18H24N4O3/c1-14(2)17-20-19-16(25-17)12-21-8-10-22(11-9-21)18(23)24-13-15-6-4-3-5-7-15/h3-7,14H,8-13H2,1-2H3. The maximum atomic E-state index is 12.2. The molecule has 1 aromatic carbocycles. The van der Waals surface area contributed by atoms with E-state index in [0.717, 1.165) is 18.7 Å². The van der Waals surface area contributed by atoms with Crippen molar-refractivity contribution < 1.29 is 13.9 Å². The first-order chi connectivity index (χ1) is 12.1. The van der Waals surface area contributed by atoms with Crippen LogP contribution in [-0.4, -0.2) is 52.3 Å². The van der Waals surface area contributed by atoms with Crippen molar-refractivity contribution >= 4 is 6.09 Å². The Morgan fingerprint density at radius 3 is 2.52 bits per heavy atom. The molecular formula is C18H24N4O3. The third-order valence-electron chi connectivity index (χ3n) is 4.17. The molecule has 1 amide bonds. The zero-order valence-corrected chi connectivity index (χ0v) is 14.7. The number of rotatable bonds is 5. The van der Waals surface area contributed by atoms with Crippen molar-refractivity contribution in [2.45, 2.75) is 32.9 Å². The van der Waals surface area contributed by atoms with Crippen LogP contribution in [0.25, 0.3) is 0 Å². The number of carbonyl (C=O) groups is 1. The topological polar surface area (TPSA) is 71.7 Å². The number of nitrogens with zero attached hydrogens (tertiary/aromatic N) is 4. The summed E-state index contributed by atoms with van der Waals surface area (Å²) in [5, 5.41) is 8.13. The highest BCUT2D eigenvalue weighted by Crippen LogP contribution is 2.14. The average Bonchev–Trinajstić information content (AvgIpc) is 3.10. The van der Waals surface area contributed by atoms with Crippen LogP contribution in [-0.2, 0) is 17.9 Å². The molecule has 0 saturated carbocycles. The van der Waals surface area contributed by atoms with E-state index in [9.17, 15) is 4.79 Å². The smallest absolute Gasteiger partial charge is 0.410 e. The quantitative estimate of drug-likeness (QED) is 0.830. The molecule has 1 aliphatic rings. The molecule has 0 radical (unpaired) electrons. The summed E-state index contributed by atoms with van der Waals surface area (Å²) < 4.78 is 11.0. The van der Waals surface area contributed by atoms with Gasteiger partial charge in [-0.05, 0) is 5.56 Å². The second kappa shape index (κ2) is 8.11. The molecule has 2 heterocycles. The van der Waals surface area contributed by atoms with Crippen molar-refractivity contribution in [3.8, 4) is 0 Å². The molecule has 1 fully saturated rings. The Morgan fingerprint density at radius 1 is 1.16 bits per heavy atom. The van der Waals surface area contributed by atoms with Crippen LogP contribution >= 0.6 is 0 Å². The highest BCUT2D eigenvalue weighted by atomic mass is 16.6. The molecule has 25 heavy (non-hydrogen) atoms. The lowest BCUT2D eigenvalue weighted by molar-refractivity contribution is 0.0679. The van der Waals surface area contributed by atoms with Gasteiger partial charge in [0.1, 0.15) is 6.61 Å². The van der Waals surface area contributed by atoms with Crippen molar-refractivity contribution in [3.63, 3.8) is 0 Å². The maximum absolute atomic E-state index is 12.2. The summed E-state index contributed by atoms with van der Waals surface area (Å²) in [6, 6.07) is 9.70. The maximum Gasteiger partial charge on any atom is 0.410 e. The molecule has 3 rings (SSSR count). The van der Waals surface area contributed by atoms with E-state index >= 15 is 0 Å². The Hall–Kier alpha value is -2.41. The van der Waals surface area contributed by atoms with Crippen molar-refractivity contribution in [2.24, 2.45) is 0 Å². The summed E-state index contributed by atoms with van der Waals surface area (Å²) in [7, 11) is 0. The lowest BCUT2D eigenvalue weighted by atomic mass is 10.2. The molecule has 134 valence electrons. The second-order valence-corrected chi connectivity index (χ2v) is 6.49. The fourth-order valence-electron chi connectivity index (χ4n) is 2.65. The Morgan fingerprint density at radius 2 is 1.88 bits per heavy atom. The molecule has 1 aromatic heterocycles. The first-order valence-corrected chi connectivity index (χ1v) is 8.62. The molecule has 0 unspecified atom stereocenters. The van der Waals surface area contributed by atoms with Crippen LogP contribution in [0.15, 0.2) is 34.7 Å². The van der Waals surface area contributed by atoms with Gasteiger partial charge in [0.25, 0.3) is 0 Å². The average molecular weight is 344 g/mol. The van der Waals surface area contributed by atoms with Crippen molar-refractivity contribution in [1.29, 1.82) is 0 Å². The van der Waals surface area contributed by atoms with Crippen LogP contribution in [0.4, 0.5) is 4.79 Å². The van der Waals surface area contributed by atoms with Crippen LogP contribution in [0.3, 0.4) is 0 Å². The first kappa shape index (κ1) is 17.4. The molecule has 0 spiro atoms. The molecule has 0 bridgehead atoms. The number of hydrogen-bond acceptors (Lipinski definition) is 6. The molecule has 2 aromatic rings. The highest BCUT2D eigenvalue weighted by molar-refractivity contribution is 5.67. The van der Waals surface area contributed by atoms with Gasteiger partial charge in [0.15, 0.2) is 0 Å². The number of hydrogen-bond donors (Lipinski definition) is 0. The van der Waals surface area contributed by atoms with Crippen LogP contribution in [0.1, 0.15) is 37.1 Å². The van der Waals surface area contributed by atoms with Gasteiger partial charge in [0.05, 0.1) is 6.54 Å². The van der Waals surface area contributed by atoms with Gasteiger partial charge in [-0.2, -0.15) is 0 Å². The van der Waals surface area contributed by atoms with Crippen LogP contribution in [0.2, 0.25) is 0 Å². The summed E-state index contributed by atoms with van der Waals surface area (Å²) >= 11 is 0. The number of amides is 1. The zero-order valence-electron chi connectivity index (χ0n) is 14.7. The SMILES string of the molecule is CC(C)c1nnc(CN2CCN(C(=O)OCc3ccccc3)CC2)o1. The van der Waals surface area contributed by atoms with E-state index < -0.39 is 0 Å². The van der Waals surface area contributed by atoms with Gasteiger partial charge in [-0.3, -0.25) is 4.90 Å². The minimum atomic E-state index is -0.261. The Balaban J connectivity index is 1.42. The normalized spacial score (nSPS) is 15.6. The predicted octanol–water partition coefficient (Wildman–Crippen LogP) is 2.65. The van der Waals surface area contributed by atoms with E-state index in [1.54, 1.807) is 4.90 Å². The van der Waals surface area contributed by atoms with Gasteiger partial charge < -0.3 is 14.1 Å². The Labute approximate surface area is 147 Å². The van der Waals surface area contributed by atoms with E-state index in [2.05, 4.69) is 15.1 Å². The van der Waals surface area contributed by atoms with Gasteiger partial charge in [-0.25, -0.2) is 4.79 Å². The molecule has 0 atom stereocenters. The lowest BCUT2D eigenvalue weighted by Gasteiger charge is -2.33. The Bertz CT molecular complexity index is 679. The van der Waals surface area contributed by atoms with Gasteiger partial charge in [-0.15, -0.1) is 10.2 Å². The molecule has 1 saturated heterocycles. The molecule has 1 aliphatic heterocycles. The first-order valence-electron chi connectivity index (χ1n) is 8.62. The van der Waals surface area contributed by atoms with E-state index in [1.165, 1.54) is 0 Å². The van der Waals surface area contributed by atoms with E-state index in [0.29, 0.717) is 38.0 Å². The fourth-order valence-corrected chi connectivity index (χ4v) is 2.65. The van der Waals surface area contributed by atoms with Crippen LogP contribution < -0.4 is 0 Å². The number of carbonyl (C=O) groups excluding carboxylic acids is 1. The zero-order chi connectivity index (χ0) is 17.6. The molecule has 0 aliphatic carbocycles. The molecule has 0 N–H and O–H groups in total. The summed E-state index contributed by atoms with van der Waals surface area (Å²) in [5.41, 5.74) is 0.992. The van der Waals surface area contributed by atoms with E-state index in [-0.39, 0.29) is 12.0 Å². The molecule has 7 heteroatoms. The van der Waals surface area contributed by atoms with E-state index in [4.69, 9.17) is 9.15 Å². The number of aromatic nitrogens is 2. The van der Waals surface area contributed by atoms with Crippen LogP contribution in [0, 0.1) is 0 Å². The summed E-state index contributed by atoms with van der Waals surface area (Å²) in [6.45, 7) is 7.78. The van der Waals surface area contributed by atoms with E-state index in [1.807, 2.05) is 44.2 Å². The number of ether oxygens (including phenoxy) is 1. The number of benzene rings is 1. The monoisotopic (exact) mass is 344 g/mol. The molecule has 7 nitrogen and oxygen atoms in total. The summed E-state index contributed by atoms with van der Waals surface area (Å²) in [6.07, 6.45) is -0.261. The highest BCUT2D eigenvalue weighted by Gasteiger charge is 2.23. The predicted molar refractivity (Wildman–Crippen MR) is 91.9 cm³/mol. The number of piperazine rings is 1. The minimum Gasteiger partial charge on any atom is -0.445 e. The third-order valence-corrected chi connectivity index (χ3v) is 4.17. The lowest BCUT2D eigenvalue weighted by Crippen LogP contribution is -2.48.